The molecular formula is C22H31NO6. The first-order valence-corrected chi connectivity index (χ1v) is 11.2. The van der Waals surface area contributed by atoms with E-state index in [-0.39, 0.29) is 41.6 Å². The Kier molecular flexibility index (Phi) is 4.13. The summed E-state index contributed by atoms with van der Waals surface area (Å²) in [6, 6.07) is -0.341. The van der Waals surface area contributed by atoms with Crippen LogP contribution in [0.25, 0.3) is 0 Å². The second kappa shape index (κ2) is 6.19. The number of carbonyl (C=O) groups is 3. The van der Waals surface area contributed by atoms with Crippen LogP contribution < -0.4 is 0 Å². The van der Waals surface area contributed by atoms with Gasteiger partial charge in [0.15, 0.2) is 0 Å². The molecule has 1 N–H and O–H groups in total. The number of hydrogen-bond acceptors (Lipinski definition) is 6. The molecule has 5 rings (SSSR count). The molecule has 2 bridgehead atoms. The Balaban J connectivity index is 1.63. The topological polar surface area (TPSA) is 93.1 Å². The van der Waals surface area contributed by atoms with Crippen molar-refractivity contribution < 1.29 is 29.0 Å². The molecule has 4 heterocycles. The minimum atomic E-state index is -1.31. The van der Waals surface area contributed by atoms with Gasteiger partial charge in [-0.25, -0.2) is 0 Å². The Morgan fingerprint density at radius 3 is 2.55 bits per heavy atom. The van der Waals surface area contributed by atoms with Crippen LogP contribution in [0.3, 0.4) is 0 Å². The zero-order chi connectivity index (χ0) is 20.7. The van der Waals surface area contributed by atoms with Gasteiger partial charge in [-0.1, -0.05) is 27.2 Å². The largest absolute Gasteiger partial charge is 0.461 e. The van der Waals surface area contributed by atoms with E-state index >= 15 is 0 Å². The van der Waals surface area contributed by atoms with E-state index in [2.05, 4.69) is 0 Å². The number of rotatable bonds is 2. The highest BCUT2D eigenvalue weighted by Gasteiger charge is 2.78. The number of ether oxygens (including phenoxy) is 2. The van der Waals surface area contributed by atoms with Crippen LogP contribution in [0.5, 0.6) is 0 Å². The van der Waals surface area contributed by atoms with E-state index in [4.69, 9.17) is 9.47 Å². The Labute approximate surface area is 171 Å². The van der Waals surface area contributed by atoms with Gasteiger partial charge in [-0.15, -0.1) is 0 Å². The van der Waals surface area contributed by atoms with Crippen molar-refractivity contribution in [2.24, 2.45) is 29.1 Å². The molecule has 9 atom stereocenters. The third kappa shape index (κ3) is 2.20. The van der Waals surface area contributed by atoms with Gasteiger partial charge in [0.25, 0.3) is 0 Å². The summed E-state index contributed by atoms with van der Waals surface area (Å²) in [4.78, 5) is 40.4. The average molecular weight is 405 g/mol. The SMILES string of the molecule is CC[C@H]1[C@@H]2OC(=O)[C@@H](C)[C@@H]2[C@@]2(O)C[C@@H]([C@@H]3C[C@H](C)C(=O)O3)N3CCCC[C@@]12C3=O. The molecule has 0 aromatic carbocycles. The van der Waals surface area contributed by atoms with Crippen LogP contribution in [-0.4, -0.2) is 58.2 Å². The second-order valence-corrected chi connectivity index (χ2v) is 9.97. The van der Waals surface area contributed by atoms with Gasteiger partial charge in [0.05, 0.1) is 28.9 Å². The van der Waals surface area contributed by atoms with E-state index in [1.165, 1.54) is 0 Å². The van der Waals surface area contributed by atoms with E-state index in [0.29, 0.717) is 32.2 Å². The van der Waals surface area contributed by atoms with Gasteiger partial charge in [-0.3, -0.25) is 14.4 Å². The predicted molar refractivity (Wildman–Crippen MR) is 101 cm³/mol. The normalized spacial score (nSPS) is 51.4. The van der Waals surface area contributed by atoms with Crippen LogP contribution in [0.4, 0.5) is 0 Å². The summed E-state index contributed by atoms with van der Waals surface area (Å²) in [5.41, 5.74) is -2.22. The molecule has 7 nitrogen and oxygen atoms in total. The summed E-state index contributed by atoms with van der Waals surface area (Å²) in [5.74, 6) is -1.72. The monoisotopic (exact) mass is 405 g/mol. The van der Waals surface area contributed by atoms with Gasteiger partial charge >= 0.3 is 11.9 Å². The maximum absolute atomic E-state index is 14.0. The fourth-order valence-electron chi connectivity index (χ4n) is 7.53. The molecule has 7 heteroatoms. The molecule has 0 radical (unpaired) electrons. The van der Waals surface area contributed by atoms with Gasteiger partial charge < -0.3 is 19.5 Å². The summed E-state index contributed by atoms with van der Waals surface area (Å²) in [6.07, 6.45) is 3.14. The maximum Gasteiger partial charge on any atom is 0.309 e. The average Bonchev–Trinajstić information content (AvgIpc) is 3.19. The number of esters is 2. The van der Waals surface area contributed by atoms with Gasteiger partial charge in [0.1, 0.15) is 12.2 Å². The van der Waals surface area contributed by atoms with Gasteiger partial charge in [0, 0.05) is 24.8 Å². The van der Waals surface area contributed by atoms with Crippen LogP contribution >= 0.6 is 0 Å². The Bertz CT molecular complexity index is 768. The lowest BCUT2D eigenvalue weighted by molar-refractivity contribution is -0.200. The first-order valence-electron chi connectivity index (χ1n) is 11.2. The molecule has 29 heavy (non-hydrogen) atoms. The molecular weight excluding hydrogens is 374 g/mol. The van der Waals surface area contributed by atoms with Crippen molar-refractivity contribution in [1.82, 2.24) is 4.90 Å². The molecule has 0 aromatic rings. The van der Waals surface area contributed by atoms with Crippen molar-refractivity contribution in [2.45, 2.75) is 83.1 Å². The van der Waals surface area contributed by atoms with Crippen LogP contribution in [-0.2, 0) is 23.9 Å². The number of aliphatic hydroxyl groups is 1. The summed E-state index contributed by atoms with van der Waals surface area (Å²) >= 11 is 0. The fourth-order valence-corrected chi connectivity index (χ4v) is 7.53. The first kappa shape index (κ1) is 19.3. The lowest BCUT2D eigenvalue weighted by atomic mass is 9.58. The molecule has 4 aliphatic heterocycles. The number of fused-ring (bicyclic) bond motifs is 3. The standard InChI is InChI=1S/C22H31NO6/c1-4-13-17-16(12(3)19(25)29-17)22(27)10-14(15-9-11(2)18(24)28-15)23-8-6-5-7-21(13,22)20(23)26/h11-17,27H,4-10H2,1-3H3/t11-,12-,13-,14-,15-,16-,17-,21-,22-/m0/s1. The highest BCUT2D eigenvalue weighted by atomic mass is 16.6. The van der Waals surface area contributed by atoms with Gasteiger partial charge in [-0.2, -0.15) is 0 Å². The maximum atomic E-state index is 14.0. The minimum absolute atomic E-state index is 0.0196. The molecule has 1 aliphatic carbocycles. The number of piperidine rings is 1. The molecule has 160 valence electrons. The first-order chi connectivity index (χ1) is 13.8. The molecule has 1 amide bonds. The highest BCUT2D eigenvalue weighted by molar-refractivity contribution is 5.89. The number of cyclic esters (lactones) is 1. The molecule has 5 fully saturated rings. The quantitative estimate of drug-likeness (QED) is 0.703. The summed E-state index contributed by atoms with van der Waals surface area (Å²) in [5, 5.41) is 12.3. The van der Waals surface area contributed by atoms with Gasteiger partial charge in [0.2, 0.25) is 5.91 Å². The zero-order valence-corrected chi connectivity index (χ0v) is 17.4. The fraction of sp³-hybridized carbons (Fsp3) is 0.864. The molecule has 5 aliphatic rings. The smallest absolute Gasteiger partial charge is 0.309 e. The molecule has 1 spiro atoms. The van der Waals surface area contributed by atoms with Crippen LogP contribution in [0.1, 0.15) is 59.3 Å². The van der Waals surface area contributed by atoms with Crippen LogP contribution in [0, 0.1) is 29.1 Å². The number of nitrogens with zero attached hydrogens (tertiary/aromatic N) is 1. The third-order valence-electron chi connectivity index (χ3n) is 8.78. The lowest BCUT2D eigenvalue weighted by Crippen LogP contribution is -2.69. The second-order valence-electron chi connectivity index (χ2n) is 9.97. The van der Waals surface area contributed by atoms with Crippen LogP contribution in [0.15, 0.2) is 0 Å². The van der Waals surface area contributed by atoms with Crippen molar-refractivity contribution >= 4 is 17.8 Å². The summed E-state index contributed by atoms with van der Waals surface area (Å²) in [6.45, 7) is 6.31. The van der Waals surface area contributed by atoms with E-state index in [1.54, 1.807) is 0 Å². The Hall–Kier alpha value is -1.63. The minimum Gasteiger partial charge on any atom is -0.461 e. The molecule has 0 unspecified atom stereocenters. The Morgan fingerprint density at radius 1 is 1.14 bits per heavy atom. The summed E-state index contributed by atoms with van der Waals surface area (Å²) < 4.78 is 11.4. The van der Waals surface area contributed by atoms with Crippen molar-refractivity contribution in [1.29, 1.82) is 0 Å². The van der Waals surface area contributed by atoms with Crippen molar-refractivity contribution in [3.63, 3.8) is 0 Å². The summed E-state index contributed by atoms with van der Waals surface area (Å²) in [7, 11) is 0. The lowest BCUT2D eigenvalue weighted by Gasteiger charge is -2.55. The zero-order valence-electron chi connectivity index (χ0n) is 17.4. The van der Waals surface area contributed by atoms with Crippen molar-refractivity contribution in [3.8, 4) is 0 Å². The van der Waals surface area contributed by atoms with E-state index < -0.39 is 29.1 Å². The third-order valence-corrected chi connectivity index (χ3v) is 8.78. The van der Waals surface area contributed by atoms with E-state index in [1.807, 2.05) is 25.7 Å². The predicted octanol–water partition coefficient (Wildman–Crippen LogP) is 1.66. The van der Waals surface area contributed by atoms with Crippen molar-refractivity contribution in [2.75, 3.05) is 6.54 Å². The van der Waals surface area contributed by atoms with Gasteiger partial charge in [-0.05, 0) is 25.7 Å². The highest BCUT2D eigenvalue weighted by Crippen LogP contribution is 2.67. The van der Waals surface area contributed by atoms with Crippen LogP contribution in [0.2, 0.25) is 0 Å². The van der Waals surface area contributed by atoms with E-state index in [0.717, 1.165) is 12.8 Å². The molecule has 0 aromatic heterocycles. The van der Waals surface area contributed by atoms with E-state index in [9.17, 15) is 19.5 Å². The number of hydrogen-bond donors (Lipinski definition) is 1. The number of amides is 1. The molecule has 4 saturated heterocycles. The number of carbonyl (C=O) groups excluding carboxylic acids is 3. The Morgan fingerprint density at radius 2 is 1.90 bits per heavy atom. The molecule has 1 saturated carbocycles. The van der Waals surface area contributed by atoms with Crippen molar-refractivity contribution in [3.05, 3.63) is 0 Å².